The molecule has 0 saturated carbocycles. The average molecular weight is 356 g/mol. The summed E-state index contributed by atoms with van der Waals surface area (Å²) in [7, 11) is 0. The number of rotatable bonds is 0. The van der Waals surface area contributed by atoms with Gasteiger partial charge < -0.3 is 0 Å². The third-order valence-electron chi connectivity index (χ3n) is 0. The van der Waals surface area contributed by atoms with Gasteiger partial charge in [0.05, 0.1) is 0 Å². The predicted molar refractivity (Wildman–Crippen MR) is 11.5 cm³/mol. The Labute approximate surface area is 80.7 Å². The van der Waals surface area contributed by atoms with Crippen molar-refractivity contribution in [2.75, 3.05) is 0 Å². The molecule has 0 aromatic heterocycles. The van der Waals surface area contributed by atoms with Crippen molar-refractivity contribution in [3.63, 3.8) is 0 Å². The summed E-state index contributed by atoms with van der Waals surface area (Å²) in [6.07, 6.45) is 0. The van der Waals surface area contributed by atoms with Crippen LogP contribution in [0.5, 0.6) is 0 Å². The second-order valence-corrected chi connectivity index (χ2v) is 0. The molecular formula is CuMnSn2. The molecule has 0 bridgehead atoms. The molecule has 10 radical (unpaired) electrons. The summed E-state index contributed by atoms with van der Waals surface area (Å²) >= 11 is 0. The first kappa shape index (κ1) is 30.3. The molecule has 0 atom stereocenters. The second-order valence-electron chi connectivity index (χ2n) is 0. The first-order chi connectivity index (χ1) is 0. The molecule has 0 spiro atoms. The topological polar surface area (TPSA) is 0 Å². The van der Waals surface area contributed by atoms with Crippen molar-refractivity contribution in [3.05, 3.63) is 0 Å². The zero-order chi connectivity index (χ0) is 0. The van der Waals surface area contributed by atoms with Crippen molar-refractivity contribution >= 4 is 47.8 Å². The minimum absolute atomic E-state index is 0. The Morgan fingerprint density at radius 1 is 0.750 bits per heavy atom. The molecular weight excluding hydrogens is 356 g/mol. The summed E-state index contributed by atoms with van der Waals surface area (Å²) in [6, 6.07) is 0. The monoisotopic (exact) mass is 358 g/mol. The SMILES string of the molecule is [Cu].[Mn].[Sn].[Sn]. The van der Waals surface area contributed by atoms with Crippen molar-refractivity contribution in [1.29, 1.82) is 0 Å². The Bertz CT molecular complexity index is 6.00. The first-order valence-corrected chi connectivity index (χ1v) is 0. The van der Waals surface area contributed by atoms with E-state index in [4.69, 9.17) is 0 Å². The fourth-order valence-electron chi connectivity index (χ4n) is 0. The molecule has 0 aliphatic heterocycles. The quantitative estimate of drug-likeness (QED) is 0.501. The molecule has 0 nitrogen and oxygen atoms in total. The second kappa shape index (κ2) is 17.4. The van der Waals surface area contributed by atoms with Crippen LogP contribution in [0.4, 0.5) is 0 Å². The molecule has 0 aliphatic carbocycles. The summed E-state index contributed by atoms with van der Waals surface area (Å²) < 4.78 is 0. The van der Waals surface area contributed by atoms with E-state index in [1.807, 2.05) is 0 Å². The Kier molecular flexibility index (Phi) is 132. The maximum absolute atomic E-state index is 0. The average Bonchev–Trinajstić information content (AvgIpc) is 0. The standard InChI is InChI=1S/Cu.Mn.2Sn. The smallest absolute Gasteiger partial charge is 0 e. The Hall–Kier alpha value is 2.64. The van der Waals surface area contributed by atoms with Crippen LogP contribution in [0, 0.1) is 0 Å². The third kappa shape index (κ3) is 8.82. The maximum atomic E-state index is 0. The molecule has 26 valence electrons. The summed E-state index contributed by atoms with van der Waals surface area (Å²) in [5, 5.41) is 0. The molecule has 4 heteroatoms. The molecule has 0 fully saturated rings. The van der Waals surface area contributed by atoms with Crippen molar-refractivity contribution in [2.45, 2.75) is 0 Å². The largest absolute Gasteiger partial charge is 0 e. The van der Waals surface area contributed by atoms with Gasteiger partial charge in [-0.3, -0.25) is 0 Å². The fourth-order valence-corrected chi connectivity index (χ4v) is 0. The molecule has 0 saturated heterocycles. The van der Waals surface area contributed by atoms with Gasteiger partial charge in [0.1, 0.15) is 0 Å². The summed E-state index contributed by atoms with van der Waals surface area (Å²) in [5.74, 6) is 0. The van der Waals surface area contributed by atoms with Crippen LogP contribution in [0.3, 0.4) is 0 Å². The molecule has 0 rings (SSSR count). The van der Waals surface area contributed by atoms with Gasteiger partial charge in [0, 0.05) is 82.0 Å². The maximum Gasteiger partial charge on any atom is 0 e. The normalized spacial score (nSPS) is 0. The zero-order valence-corrected chi connectivity index (χ0v) is 9.51. The summed E-state index contributed by atoms with van der Waals surface area (Å²) in [6.45, 7) is 0. The van der Waals surface area contributed by atoms with Crippen LogP contribution < -0.4 is 0 Å². The van der Waals surface area contributed by atoms with E-state index in [1.54, 1.807) is 0 Å². The Balaban J connectivity index is 0. The van der Waals surface area contributed by atoms with Crippen LogP contribution in [0.1, 0.15) is 0 Å². The van der Waals surface area contributed by atoms with Gasteiger partial charge in [0.2, 0.25) is 0 Å². The van der Waals surface area contributed by atoms with E-state index >= 15 is 0 Å². The minimum atomic E-state index is 0. The van der Waals surface area contributed by atoms with Crippen LogP contribution in [0.25, 0.3) is 0 Å². The van der Waals surface area contributed by atoms with Gasteiger partial charge in [-0.1, -0.05) is 0 Å². The predicted octanol–water partition coefficient (Wildman–Crippen LogP) is -0.767. The van der Waals surface area contributed by atoms with Crippen molar-refractivity contribution in [3.8, 4) is 0 Å². The van der Waals surface area contributed by atoms with E-state index in [-0.39, 0.29) is 82.0 Å². The van der Waals surface area contributed by atoms with Gasteiger partial charge >= 0.3 is 0 Å². The van der Waals surface area contributed by atoms with Crippen LogP contribution >= 0.6 is 0 Å². The first-order valence-electron chi connectivity index (χ1n) is 0. The van der Waals surface area contributed by atoms with E-state index in [0.717, 1.165) is 0 Å². The van der Waals surface area contributed by atoms with Gasteiger partial charge in [-0.2, -0.15) is 0 Å². The summed E-state index contributed by atoms with van der Waals surface area (Å²) in [5.41, 5.74) is 0. The molecule has 4 heavy (non-hydrogen) atoms. The van der Waals surface area contributed by atoms with Gasteiger partial charge in [-0.05, 0) is 0 Å². The molecule has 0 heterocycles. The van der Waals surface area contributed by atoms with Crippen LogP contribution in [0.2, 0.25) is 0 Å². The molecule has 0 aliphatic rings. The number of hydrogen-bond acceptors (Lipinski definition) is 0. The van der Waals surface area contributed by atoms with E-state index in [0.29, 0.717) is 0 Å². The van der Waals surface area contributed by atoms with E-state index < -0.39 is 0 Å². The van der Waals surface area contributed by atoms with Crippen molar-refractivity contribution < 1.29 is 34.1 Å². The van der Waals surface area contributed by atoms with E-state index in [1.165, 1.54) is 0 Å². The van der Waals surface area contributed by atoms with Crippen LogP contribution in [-0.4, -0.2) is 47.8 Å². The molecule has 0 aromatic rings. The molecule has 0 aromatic carbocycles. The minimum Gasteiger partial charge on any atom is 0 e. The zero-order valence-electron chi connectivity index (χ0n) is 1.68. The number of hydrogen-bond donors (Lipinski definition) is 0. The summed E-state index contributed by atoms with van der Waals surface area (Å²) in [4.78, 5) is 0. The van der Waals surface area contributed by atoms with Gasteiger partial charge in [-0.15, -0.1) is 0 Å². The molecule has 0 N–H and O–H groups in total. The van der Waals surface area contributed by atoms with Gasteiger partial charge in [0.15, 0.2) is 0 Å². The Morgan fingerprint density at radius 3 is 0.750 bits per heavy atom. The van der Waals surface area contributed by atoms with E-state index in [9.17, 15) is 0 Å². The van der Waals surface area contributed by atoms with E-state index in [2.05, 4.69) is 0 Å². The Morgan fingerprint density at radius 2 is 0.750 bits per heavy atom. The molecule has 0 unspecified atom stereocenters. The van der Waals surface area contributed by atoms with Crippen molar-refractivity contribution in [2.24, 2.45) is 0 Å². The molecule has 0 amide bonds. The van der Waals surface area contributed by atoms with Crippen LogP contribution in [0.15, 0.2) is 0 Å². The fraction of sp³-hybridized carbons (Fsp3) is 0. The van der Waals surface area contributed by atoms with Gasteiger partial charge in [0.25, 0.3) is 0 Å². The van der Waals surface area contributed by atoms with Crippen LogP contribution in [-0.2, 0) is 34.1 Å². The van der Waals surface area contributed by atoms with Crippen molar-refractivity contribution in [1.82, 2.24) is 0 Å². The third-order valence-corrected chi connectivity index (χ3v) is 0. The van der Waals surface area contributed by atoms with Gasteiger partial charge in [-0.25, -0.2) is 0 Å².